The summed E-state index contributed by atoms with van der Waals surface area (Å²) in [6.45, 7) is 13.4. The third-order valence-electron chi connectivity index (χ3n) is 6.51. The van der Waals surface area contributed by atoms with Crippen LogP contribution in [0, 0.1) is 26.7 Å². The Morgan fingerprint density at radius 3 is 2.45 bits per heavy atom. The summed E-state index contributed by atoms with van der Waals surface area (Å²) >= 11 is 0. The van der Waals surface area contributed by atoms with Crippen LogP contribution in [0.5, 0.6) is 0 Å². The molecule has 0 radical (unpaired) electrons. The van der Waals surface area contributed by atoms with Crippen LogP contribution in [0.4, 0.5) is 16.2 Å². The first-order chi connectivity index (χ1) is 15.8. The zero-order valence-electron chi connectivity index (χ0n) is 20.4. The molecule has 4 rings (SSSR count). The van der Waals surface area contributed by atoms with Crippen LogP contribution in [0.2, 0.25) is 0 Å². The van der Waals surface area contributed by atoms with Crippen LogP contribution in [0.3, 0.4) is 0 Å². The lowest BCUT2D eigenvalue weighted by Crippen LogP contribution is -2.43. The zero-order chi connectivity index (χ0) is 23.5. The van der Waals surface area contributed by atoms with Crippen molar-refractivity contribution in [1.29, 1.82) is 0 Å². The highest BCUT2D eigenvalue weighted by Gasteiger charge is 2.30. The maximum atomic E-state index is 12.7. The maximum absolute atomic E-state index is 12.7. The number of nitrogens with one attached hydrogen (secondary N) is 2. The van der Waals surface area contributed by atoms with Gasteiger partial charge >= 0.3 is 6.03 Å². The molecular formula is C28H35N4O+. The fourth-order valence-electron chi connectivity index (χ4n) is 5.00. The molecule has 1 aliphatic rings. The van der Waals surface area contributed by atoms with Crippen molar-refractivity contribution in [3.63, 3.8) is 0 Å². The summed E-state index contributed by atoms with van der Waals surface area (Å²) in [6, 6.07) is 18.6. The van der Waals surface area contributed by atoms with Gasteiger partial charge in [-0.05, 0) is 49.3 Å². The second kappa shape index (κ2) is 9.65. The molecule has 0 fully saturated rings. The Hall–Kier alpha value is -3.34. The minimum atomic E-state index is -0.168. The lowest BCUT2D eigenvalue weighted by atomic mass is 10.0. The number of hydrogen-bond acceptors (Lipinski definition) is 2. The highest BCUT2D eigenvalue weighted by atomic mass is 16.2. The average molecular weight is 444 g/mol. The number of nitrogens with zero attached hydrogens (tertiary/aromatic N) is 2. The highest BCUT2D eigenvalue weighted by molar-refractivity contribution is 6.01. The van der Waals surface area contributed by atoms with E-state index in [9.17, 15) is 4.79 Å². The fraction of sp³-hybridized carbons (Fsp3) is 0.357. The number of fused-ring (bicyclic) bond motifs is 1. The van der Waals surface area contributed by atoms with Gasteiger partial charge in [0.25, 0.3) is 0 Å². The number of urea groups is 1. The van der Waals surface area contributed by atoms with E-state index in [0.717, 1.165) is 29.5 Å². The minimum Gasteiger partial charge on any atom is -0.334 e. The van der Waals surface area contributed by atoms with Crippen LogP contribution in [0.1, 0.15) is 30.5 Å². The first kappa shape index (κ1) is 22.8. The zero-order valence-corrected chi connectivity index (χ0v) is 20.4. The molecule has 172 valence electrons. The van der Waals surface area contributed by atoms with Crippen LogP contribution < -0.4 is 15.5 Å². The Labute approximate surface area is 197 Å². The van der Waals surface area contributed by atoms with Crippen molar-refractivity contribution in [3.05, 3.63) is 71.3 Å². The molecule has 0 saturated heterocycles. The Morgan fingerprint density at radius 2 is 1.73 bits per heavy atom. The lowest BCUT2D eigenvalue weighted by Gasteiger charge is -2.21. The Morgan fingerprint density at radius 1 is 1.03 bits per heavy atom. The molecule has 33 heavy (non-hydrogen) atoms. The molecule has 0 saturated carbocycles. The molecule has 0 unspecified atom stereocenters. The molecule has 3 aromatic rings. The molecule has 3 aromatic carbocycles. The van der Waals surface area contributed by atoms with Crippen LogP contribution >= 0.6 is 0 Å². The van der Waals surface area contributed by atoms with Gasteiger partial charge in [0.15, 0.2) is 0 Å². The minimum absolute atomic E-state index is 0.168. The quantitative estimate of drug-likeness (QED) is 0.496. The molecule has 0 spiro atoms. The third kappa shape index (κ3) is 5.03. The third-order valence-corrected chi connectivity index (χ3v) is 6.51. The van der Waals surface area contributed by atoms with Crippen LogP contribution in [-0.4, -0.2) is 42.6 Å². The summed E-state index contributed by atoms with van der Waals surface area (Å²) in [4.78, 5) is 15.1. The molecular weight excluding hydrogens is 408 g/mol. The Balaban J connectivity index is 1.45. The summed E-state index contributed by atoms with van der Waals surface area (Å²) in [6.07, 6.45) is 2.24. The predicted octanol–water partition coefficient (Wildman–Crippen LogP) is 5.47. The van der Waals surface area contributed by atoms with Gasteiger partial charge in [-0.2, -0.15) is 0 Å². The van der Waals surface area contributed by atoms with Gasteiger partial charge in [-0.1, -0.05) is 67.9 Å². The van der Waals surface area contributed by atoms with Gasteiger partial charge in [-0.25, -0.2) is 9.69 Å². The van der Waals surface area contributed by atoms with E-state index < -0.39 is 0 Å². The fourth-order valence-corrected chi connectivity index (χ4v) is 5.00. The van der Waals surface area contributed by atoms with Crippen LogP contribution in [0.25, 0.3) is 10.8 Å². The molecule has 1 heterocycles. The summed E-state index contributed by atoms with van der Waals surface area (Å²) in [5, 5.41) is 8.30. The van der Waals surface area contributed by atoms with E-state index in [4.69, 9.17) is 0 Å². The van der Waals surface area contributed by atoms with Crippen molar-refractivity contribution in [2.24, 2.45) is 5.92 Å². The maximum Gasteiger partial charge on any atom is 0.319 e. The molecule has 0 bridgehead atoms. The lowest BCUT2D eigenvalue weighted by molar-refractivity contribution is -0.558. The van der Waals surface area contributed by atoms with Crippen molar-refractivity contribution in [2.75, 3.05) is 29.9 Å². The number of carbonyl (C=O) groups is 1. The number of rotatable bonds is 6. The smallest absolute Gasteiger partial charge is 0.319 e. The first-order valence-corrected chi connectivity index (χ1v) is 11.8. The highest BCUT2D eigenvalue weighted by Crippen LogP contribution is 2.27. The van der Waals surface area contributed by atoms with Crippen LogP contribution in [0.15, 0.2) is 54.6 Å². The number of carbonyl (C=O) groups excluding carboxylic acids is 1. The van der Waals surface area contributed by atoms with Gasteiger partial charge < -0.3 is 10.6 Å². The van der Waals surface area contributed by atoms with E-state index in [0.29, 0.717) is 12.5 Å². The SMILES string of the molecule is Cc1cc(C)c(N2C=[N+]([C@H](CNC(=O)Nc3cccc4ccccc34)C(C)C)CC2)c(C)c1. The van der Waals surface area contributed by atoms with E-state index in [1.54, 1.807) is 0 Å². The predicted molar refractivity (Wildman–Crippen MR) is 139 cm³/mol. The normalized spacial score (nSPS) is 14.5. The number of aryl methyl sites for hydroxylation is 3. The van der Waals surface area contributed by atoms with E-state index >= 15 is 0 Å². The second-order valence-corrected chi connectivity index (χ2v) is 9.47. The summed E-state index contributed by atoms with van der Waals surface area (Å²) < 4.78 is 2.38. The number of amides is 2. The van der Waals surface area contributed by atoms with Gasteiger partial charge in [0.05, 0.1) is 12.2 Å². The van der Waals surface area contributed by atoms with Gasteiger partial charge in [-0.15, -0.1) is 0 Å². The van der Waals surface area contributed by atoms with Crippen molar-refractivity contribution >= 4 is 34.5 Å². The molecule has 0 aliphatic carbocycles. The molecule has 5 nitrogen and oxygen atoms in total. The molecule has 0 aromatic heterocycles. The monoisotopic (exact) mass is 443 g/mol. The van der Waals surface area contributed by atoms with Crippen molar-refractivity contribution in [2.45, 2.75) is 40.7 Å². The van der Waals surface area contributed by atoms with E-state index in [1.807, 2.05) is 30.3 Å². The van der Waals surface area contributed by atoms with Crippen molar-refractivity contribution in [3.8, 4) is 0 Å². The van der Waals surface area contributed by atoms with Gasteiger partial charge in [0.2, 0.25) is 6.34 Å². The van der Waals surface area contributed by atoms with Gasteiger partial charge in [0.1, 0.15) is 24.8 Å². The second-order valence-electron chi connectivity index (χ2n) is 9.47. The molecule has 1 aliphatic heterocycles. The van der Waals surface area contributed by atoms with Gasteiger partial charge in [0, 0.05) is 5.39 Å². The first-order valence-electron chi connectivity index (χ1n) is 11.8. The number of benzene rings is 3. The van der Waals surface area contributed by atoms with E-state index in [1.165, 1.54) is 22.4 Å². The Kier molecular flexibility index (Phi) is 6.68. The van der Waals surface area contributed by atoms with Crippen molar-refractivity contribution in [1.82, 2.24) is 5.32 Å². The van der Waals surface area contributed by atoms with E-state index in [-0.39, 0.29) is 12.1 Å². The average Bonchev–Trinajstić information content (AvgIpc) is 3.22. The molecule has 2 amide bonds. The largest absolute Gasteiger partial charge is 0.334 e. The Bertz CT molecular complexity index is 1170. The van der Waals surface area contributed by atoms with Gasteiger partial charge in [-0.3, -0.25) is 4.58 Å². The summed E-state index contributed by atoms with van der Waals surface area (Å²) in [5.41, 5.74) is 6.04. The van der Waals surface area contributed by atoms with E-state index in [2.05, 4.69) is 85.3 Å². The molecule has 1 atom stereocenters. The number of anilines is 2. The van der Waals surface area contributed by atoms with Crippen LogP contribution in [-0.2, 0) is 0 Å². The summed E-state index contributed by atoms with van der Waals surface area (Å²) in [7, 11) is 0. The molecule has 5 heteroatoms. The summed E-state index contributed by atoms with van der Waals surface area (Å²) in [5.74, 6) is 0.402. The topological polar surface area (TPSA) is 47.4 Å². The number of hydrogen-bond donors (Lipinski definition) is 2. The molecule has 2 N–H and O–H groups in total. The standard InChI is InChI=1S/C28H34N4O/c1-19(2)26(31-13-14-32(18-31)27-21(4)15-20(3)16-22(27)5)17-29-28(33)30-25-12-8-10-23-9-6-7-11-24(23)25/h6-12,15-16,18-19,26H,13-14,17H2,1-5H3,(H-,29,30,33)/p+1/t26-/m1/s1. The van der Waals surface area contributed by atoms with Crippen molar-refractivity contribution < 1.29 is 9.37 Å².